The summed E-state index contributed by atoms with van der Waals surface area (Å²) in [5, 5.41) is 3.45. The number of halogens is 1. The van der Waals surface area contributed by atoms with Gasteiger partial charge in [0.1, 0.15) is 5.84 Å². The van der Waals surface area contributed by atoms with E-state index in [1.807, 2.05) is 0 Å². The second-order valence-electron chi connectivity index (χ2n) is 3.35. The van der Waals surface area contributed by atoms with E-state index in [0.29, 0.717) is 30.3 Å². The van der Waals surface area contributed by atoms with Gasteiger partial charge in [0.2, 0.25) is 0 Å². The maximum atomic E-state index is 5.64. The minimum absolute atomic E-state index is 0.261. The molecular formula is C10H12BrN3O2. The minimum atomic E-state index is 0.261. The summed E-state index contributed by atoms with van der Waals surface area (Å²) in [6, 6.07) is 3.58. The Morgan fingerprint density at radius 2 is 2.06 bits per heavy atom. The van der Waals surface area contributed by atoms with Gasteiger partial charge >= 0.3 is 0 Å². The Balaban J connectivity index is 2.47. The molecule has 1 aromatic carbocycles. The lowest BCUT2D eigenvalue weighted by Gasteiger charge is -2.11. The van der Waals surface area contributed by atoms with E-state index in [-0.39, 0.29) is 5.84 Å². The van der Waals surface area contributed by atoms with Gasteiger partial charge in [-0.05, 0) is 28.1 Å². The first-order chi connectivity index (χ1) is 7.72. The van der Waals surface area contributed by atoms with Crippen LogP contribution in [-0.2, 0) is 0 Å². The molecule has 0 amide bonds. The van der Waals surface area contributed by atoms with Gasteiger partial charge < -0.3 is 21.1 Å². The van der Waals surface area contributed by atoms with Gasteiger partial charge in [-0.25, -0.2) is 0 Å². The average molecular weight is 286 g/mol. The standard InChI is InChI=1S/C10H12BrN3O2/c11-7-4-6(10(12)14-13)5-8-9(7)16-3-1-2-15-8/h4-5H,1-3,13H2,(H2,12,14). The molecule has 0 saturated heterocycles. The van der Waals surface area contributed by atoms with E-state index < -0.39 is 0 Å². The van der Waals surface area contributed by atoms with Crippen molar-refractivity contribution in [1.29, 1.82) is 0 Å². The maximum Gasteiger partial charge on any atom is 0.175 e. The minimum Gasteiger partial charge on any atom is -0.489 e. The van der Waals surface area contributed by atoms with Crippen LogP contribution in [0, 0.1) is 0 Å². The van der Waals surface area contributed by atoms with Crippen LogP contribution in [0.2, 0.25) is 0 Å². The molecule has 0 aliphatic carbocycles. The molecule has 0 radical (unpaired) electrons. The third kappa shape index (κ3) is 2.06. The van der Waals surface area contributed by atoms with Crippen LogP contribution < -0.4 is 21.1 Å². The van der Waals surface area contributed by atoms with Crippen molar-refractivity contribution in [1.82, 2.24) is 0 Å². The molecule has 0 atom stereocenters. The highest BCUT2D eigenvalue weighted by Gasteiger charge is 2.16. The van der Waals surface area contributed by atoms with Crippen molar-refractivity contribution in [2.24, 2.45) is 16.7 Å². The average Bonchev–Trinajstić information content (AvgIpc) is 2.53. The summed E-state index contributed by atoms with van der Waals surface area (Å²) in [5.74, 6) is 6.76. The molecular weight excluding hydrogens is 274 g/mol. The molecule has 5 nitrogen and oxygen atoms in total. The Labute approximate surface area is 102 Å². The number of hydrogen-bond donors (Lipinski definition) is 2. The van der Waals surface area contributed by atoms with Crippen LogP contribution in [0.25, 0.3) is 0 Å². The summed E-state index contributed by atoms with van der Waals surface area (Å²) in [6.07, 6.45) is 0.858. The molecule has 0 spiro atoms. The number of hydrogen-bond acceptors (Lipinski definition) is 4. The van der Waals surface area contributed by atoms with Crippen molar-refractivity contribution in [3.05, 3.63) is 22.2 Å². The summed E-state index contributed by atoms with van der Waals surface area (Å²) >= 11 is 3.41. The lowest BCUT2D eigenvalue weighted by atomic mass is 10.2. The Bertz CT molecular complexity index is 434. The molecule has 1 heterocycles. The zero-order chi connectivity index (χ0) is 11.5. The Hall–Kier alpha value is -1.43. The van der Waals surface area contributed by atoms with Gasteiger partial charge in [-0.3, -0.25) is 0 Å². The van der Waals surface area contributed by atoms with Crippen molar-refractivity contribution < 1.29 is 9.47 Å². The normalized spacial score (nSPS) is 15.7. The molecule has 1 aliphatic heterocycles. The zero-order valence-corrected chi connectivity index (χ0v) is 10.2. The zero-order valence-electron chi connectivity index (χ0n) is 8.57. The molecule has 4 N–H and O–H groups in total. The molecule has 1 aliphatic rings. The van der Waals surface area contributed by atoms with Crippen molar-refractivity contribution >= 4 is 21.8 Å². The Morgan fingerprint density at radius 1 is 1.31 bits per heavy atom. The van der Waals surface area contributed by atoms with Gasteiger partial charge in [-0.1, -0.05) is 0 Å². The fourth-order valence-electron chi connectivity index (χ4n) is 1.45. The van der Waals surface area contributed by atoms with Crippen LogP contribution in [0.4, 0.5) is 0 Å². The second-order valence-corrected chi connectivity index (χ2v) is 4.20. The third-order valence-corrected chi connectivity index (χ3v) is 2.83. The third-order valence-electron chi connectivity index (χ3n) is 2.24. The SMILES string of the molecule is N/N=C(/N)c1cc(Br)c2c(c1)OCCCO2. The number of ether oxygens (including phenoxy) is 2. The van der Waals surface area contributed by atoms with Crippen LogP contribution in [0.5, 0.6) is 11.5 Å². The van der Waals surface area contributed by atoms with Crippen LogP contribution in [-0.4, -0.2) is 19.0 Å². The molecule has 0 unspecified atom stereocenters. The summed E-state index contributed by atoms with van der Waals surface area (Å²) in [7, 11) is 0. The van der Waals surface area contributed by atoms with Gasteiger partial charge in [0, 0.05) is 12.0 Å². The molecule has 6 heteroatoms. The topological polar surface area (TPSA) is 82.9 Å². The molecule has 86 valence electrons. The van der Waals surface area contributed by atoms with Crippen molar-refractivity contribution in [2.75, 3.05) is 13.2 Å². The van der Waals surface area contributed by atoms with Crippen LogP contribution in [0.3, 0.4) is 0 Å². The first-order valence-electron chi connectivity index (χ1n) is 4.85. The number of rotatable bonds is 1. The summed E-state index contributed by atoms with van der Waals surface area (Å²) in [5.41, 5.74) is 6.35. The fourth-order valence-corrected chi connectivity index (χ4v) is 2.01. The molecule has 0 fully saturated rings. The van der Waals surface area contributed by atoms with Crippen molar-refractivity contribution in [2.45, 2.75) is 6.42 Å². The maximum absolute atomic E-state index is 5.64. The first kappa shape index (κ1) is 11.1. The van der Waals surface area contributed by atoms with Gasteiger partial charge in [0.05, 0.1) is 17.7 Å². The van der Waals surface area contributed by atoms with Crippen molar-refractivity contribution in [3.63, 3.8) is 0 Å². The summed E-state index contributed by atoms with van der Waals surface area (Å²) in [6.45, 7) is 1.27. The number of nitrogens with two attached hydrogens (primary N) is 2. The van der Waals surface area contributed by atoms with Gasteiger partial charge in [0.15, 0.2) is 11.5 Å². The molecule has 16 heavy (non-hydrogen) atoms. The van der Waals surface area contributed by atoms with Crippen LogP contribution in [0.1, 0.15) is 12.0 Å². The number of fused-ring (bicyclic) bond motifs is 1. The quantitative estimate of drug-likeness (QED) is 0.351. The van der Waals surface area contributed by atoms with E-state index in [1.165, 1.54) is 0 Å². The first-order valence-corrected chi connectivity index (χ1v) is 5.64. The molecule has 0 aromatic heterocycles. The van der Waals surface area contributed by atoms with Gasteiger partial charge in [-0.15, -0.1) is 0 Å². The predicted molar refractivity (Wildman–Crippen MR) is 64.7 cm³/mol. The lowest BCUT2D eigenvalue weighted by molar-refractivity contribution is 0.296. The van der Waals surface area contributed by atoms with E-state index in [4.69, 9.17) is 21.1 Å². The molecule has 2 rings (SSSR count). The number of nitrogens with zero attached hydrogens (tertiary/aromatic N) is 1. The van der Waals surface area contributed by atoms with Gasteiger partial charge in [0.25, 0.3) is 0 Å². The van der Waals surface area contributed by atoms with Gasteiger partial charge in [-0.2, -0.15) is 5.10 Å². The highest BCUT2D eigenvalue weighted by molar-refractivity contribution is 9.10. The highest BCUT2D eigenvalue weighted by atomic mass is 79.9. The number of benzene rings is 1. The van der Waals surface area contributed by atoms with E-state index in [0.717, 1.165) is 10.9 Å². The molecule has 1 aromatic rings. The monoisotopic (exact) mass is 285 g/mol. The smallest absolute Gasteiger partial charge is 0.175 e. The van der Waals surface area contributed by atoms with E-state index in [1.54, 1.807) is 12.1 Å². The predicted octanol–water partition coefficient (Wildman–Crippen LogP) is 1.19. The van der Waals surface area contributed by atoms with E-state index in [9.17, 15) is 0 Å². The highest BCUT2D eigenvalue weighted by Crippen LogP contribution is 2.38. The van der Waals surface area contributed by atoms with E-state index in [2.05, 4.69) is 21.0 Å². The summed E-state index contributed by atoms with van der Waals surface area (Å²) in [4.78, 5) is 0. The Morgan fingerprint density at radius 3 is 2.81 bits per heavy atom. The lowest BCUT2D eigenvalue weighted by Crippen LogP contribution is -2.15. The number of amidine groups is 1. The summed E-state index contributed by atoms with van der Waals surface area (Å²) < 4.78 is 11.9. The molecule has 0 bridgehead atoms. The van der Waals surface area contributed by atoms with Crippen LogP contribution >= 0.6 is 15.9 Å². The molecule has 0 saturated carbocycles. The van der Waals surface area contributed by atoms with E-state index >= 15 is 0 Å². The van der Waals surface area contributed by atoms with Crippen molar-refractivity contribution in [3.8, 4) is 11.5 Å². The fraction of sp³-hybridized carbons (Fsp3) is 0.300. The largest absolute Gasteiger partial charge is 0.489 e. The number of hydrazone groups is 1. The second kappa shape index (κ2) is 4.61. The van der Waals surface area contributed by atoms with Crippen LogP contribution in [0.15, 0.2) is 21.7 Å². The Kier molecular flexibility index (Phi) is 3.19.